The Bertz CT molecular complexity index is 543. The molecule has 4 nitrogen and oxygen atoms in total. The van der Waals surface area contributed by atoms with Crippen LogP contribution in [0, 0.1) is 15.9 Å². The summed E-state index contributed by atoms with van der Waals surface area (Å²) >= 11 is 1.60. The van der Waals surface area contributed by atoms with E-state index >= 15 is 0 Å². The number of para-hydroxylation sites is 1. The van der Waals surface area contributed by atoms with Crippen molar-refractivity contribution in [1.29, 1.82) is 0 Å². The van der Waals surface area contributed by atoms with Crippen LogP contribution in [0.4, 0.5) is 15.8 Å². The summed E-state index contributed by atoms with van der Waals surface area (Å²) in [5.74, 6) is -0.819. The van der Waals surface area contributed by atoms with E-state index in [0.29, 0.717) is 6.54 Å². The molecule has 0 bridgehead atoms. The Hall–Kier alpha value is -1.95. The van der Waals surface area contributed by atoms with Crippen LogP contribution in [-0.4, -0.2) is 11.5 Å². The summed E-state index contributed by atoms with van der Waals surface area (Å²) in [4.78, 5) is 10.1. The van der Waals surface area contributed by atoms with Gasteiger partial charge in [0.15, 0.2) is 0 Å². The summed E-state index contributed by atoms with van der Waals surface area (Å²) in [5, 5.41) is 17.6. The van der Waals surface area contributed by atoms with Gasteiger partial charge >= 0.3 is 5.69 Å². The van der Waals surface area contributed by atoms with Gasteiger partial charge < -0.3 is 5.32 Å². The quantitative estimate of drug-likeness (QED) is 0.666. The third kappa shape index (κ3) is 2.84. The van der Waals surface area contributed by atoms with Crippen LogP contribution in [0.3, 0.4) is 0 Å². The third-order valence-electron chi connectivity index (χ3n) is 2.48. The Balaban J connectivity index is 2.05. The van der Waals surface area contributed by atoms with E-state index in [1.54, 1.807) is 11.3 Å². The lowest BCUT2D eigenvalue weighted by atomic mass is 10.2. The Morgan fingerprint density at radius 2 is 2.22 bits per heavy atom. The van der Waals surface area contributed by atoms with E-state index in [2.05, 4.69) is 5.32 Å². The third-order valence-corrected chi connectivity index (χ3v) is 3.21. The summed E-state index contributed by atoms with van der Waals surface area (Å²) in [5.41, 5.74) is 0.879. The van der Waals surface area contributed by atoms with Crippen molar-refractivity contribution in [2.45, 2.75) is 6.42 Å². The minimum atomic E-state index is -0.819. The van der Waals surface area contributed by atoms with Crippen molar-refractivity contribution in [3.05, 3.63) is 56.5 Å². The summed E-state index contributed by atoms with van der Waals surface area (Å²) in [6.45, 7) is 0.529. The fourth-order valence-corrected chi connectivity index (χ4v) is 2.32. The lowest BCUT2D eigenvalue weighted by molar-refractivity contribution is -0.386. The van der Waals surface area contributed by atoms with Gasteiger partial charge in [-0.05, 0) is 40.9 Å². The van der Waals surface area contributed by atoms with Crippen molar-refractivity contribution >= 4 is 22.7 Å². The fourth-order valence-electron chi connectivity index (χ4n) is 1.62. The summed E-state index contributed by atoms with van der Waals surface area (Å²) in [6.07, 6.45) is 0.747. The van der Waals surface area contributed by atoms with Crippen LogP contribution in [0.1, 0.15) is 5.56 Å². The SMILES string of the molecule is O=[N+]([O-])c1c(F)cccc1NCCc1ccsc1. The van der Waals surface area contributed by atoms with Gasteiger partial charge in [0.05, 0.1) is 4.92 Å². The molecular formula is C12H11FN2O2S. The van der Waals surface area contributed by atoms with Gasteiger partial charge in [0.25, 0.3) is 0 Å². The Morgan fingerprint density at radius 1 is 1.39 bits per heavy atom. The zero-order chi connectivity index (χ0) is 13.0. The monoisotopic (exact) mass is 266 g/mol. The molecule has 0 amide bonds. The van der Waals surface area contributed by atoms with E-state index in [1.807, 2.05) is 16.8 Å². The summed E-state index contributed by atoms with van der Waals surface area (Å²) in [6, 6.07) is 6.04. The fraction of sp³-hybridized carbons (Fsp3) is 0.167. The molecule has 1 aromatic heterocycles. The van der Waals surface area contributed by atoms with Gasteiger partial charge in [0.2, 0.25) is 5.82 Å². The average molecular weight is 266 g/mol. The van der Waals surface area contributed by atoms with Gasteiger partial charge in [-0.25, -0.2) is 0 Å². The highest BCUT2D eigenvalue weighted by Crippen LogP contribution is 2.27. The smallest absolute Gasteiger partial charge is 0.327 e. The first-order chi connectivity index (χ1) is 8.68. The highest BCUT2D eigenvalue weighted by Gasteiger charge is 2.19. The van der Waals surface area contributed by atoms with Crippen molar-refractivity contribution in [3.8, 4) is 0 Å². The molecule has 0 aliphatic heterocycles. The molecule has 0 fully saturated rings. The van der Waals surface area contributed by atoms with E-state index in [0.717, 1.165) is 18.1 Å². The molecule has 0 atom stereocenters. The number of nitro benzene ring substituents is 1. The van der Waals surface area contributed by atoms with Crippen LogP contribution in [0.5, 0.6) is 0 Å². The minimum absolute atomic E-state index is 0.218. The molecule has 0 aliphatic carbocycles. The second kappa shape index (κ2) is 5.59. The molecule has 0 unspecified atom stereocenters. The molecule has 2 aromatic rings. The maximum absolute atomic E-state index is 13.3. The molecule has 0 saturated heterocycles. The van der Waals surface area contributed by atoms with Crippen LogP contribution in [-0.2, 0) is 6.42 Å². The van der Waals surface area contributed by atoms with Crippen molar-refractivity contribution in [3.63, 3.8) is 0 Å². The predicted molar refractivity (Wildman–Crippen MR) is 69.6 cm³/mol. The van der Waals surface area contributed by atoms with E-state index in [9.17, 15) is 14.5 Å². The Morgan fingerprint density at radius 3 is 2.89 bits per heavy atom. The van der Waals surface area contributed by atoms with Crippen LogP contribution >= 0.6 is 11.3 Å². The number of hydrogen-bond acceptors (Lipinski definition) is 4. The molecule has 94 valence electrons. The molecule has 1 N–H and O–H groups in total. The van der Waals surface area contributed by atoms with E-state index < -0.39 is 16.4 Å². The van der Waals surface area contributed by atoms with E-state index in [1.165, 1.54) is 12.1 Å². The predicted octanol–water partition coefficient (Wildman–Crippen LogP) is 3.45. The molecule has 18 heavy (non-hydrogen) atoms. The Labute approximate surface area is 107 Å². The van der Waals surface area contributed by atoms with E-state index in [-0.39, 0.29) is 5.69 Å². The van der Waals surface area contributed by atoms with Crippen molar-refractivity contribution in [2.75, 3.05) is 11.9 Å². The number of halogens is 1. The van der Waals surface area contributed by atoms with Crippen LogP contribution < -0.4 is 5.32 Å². The van der Waals surface area contributed by atoms with Gasteiger partial charge in [-0.15, -0.1) is 0 Å². The first-order valence-electron chi connectivity index (χ1n) is 5.36. The number of hydrogen-bond donors (Lipinski definition) is 1. The number of nitrogens with zero attached hydrogens (tertiary/aromatic N) is 1. The second-order valence-corrected chi connectivity index (χ2v) is 4.48. The molecule has 0 radical (unpaired) electrons. The first-order valence-corrected chi connectivity index (χ1v) is 6.30. The minimum Gasteiger partial charge on any atom is -0.379 e. The number of benzene rings is 1. The lowest BCUT2D eigenvalue weighted by Gasteiger charge is -2.06. The van der Waals surface area contributed by atoms with Crippen LogP contribution in [0.2, 0.25) is 0 Å². The molecule has 0 aliphatic rings. The number of thiophene rings is 1. The second-order valence-electron chi connectivity index (χ2n) is 3.70. The molecule has 0 saturated carbocycles. The number of nitro groups is 1. The zero-order valence-electron chi connectivity index (χ0n) is 9.43. The van der Waals surface area contributed by atoms with Crippen LogP contribution in [0.15, 0.2) is 35.0 Å². The highest BCUT2D eigenvalue weighted by molar-refractivity contribution is 7.07. The largest absolute Gasteiger partial charge is 0.379 e. The normalized spacial score (nSPS) is 10.3. The maximum atomic E-state index is 13.3. The number of nitrogens with one attached hydrogen (secondary N) is 1. The highest BCUT2D eigenvalue weighted by atomic mass is 32.1. The zero-order valence-corrected chi connectivity index (χ0v) is 10.2. The van der Waals surface area contributed by atoms with Crippen LogP contribution in [0.25, 0.3) is 0 Å². The first kappa shape index (κ1) is 12.5. The van der Waals surface area contributed by atoms with Gasteiger partial charge in [-0.2, -0.15) is 15.7 Å². The maximum Gasteiger partial charge on any atom is 0.327 e. The molecule has 0 spiro atoms. The summed E-state index contributed by atoms with van der Waals surface area (Å²) < 4.78 is 13.3. The standard InChI is InChI=1S/C12H11FN2O2S/c13-10-2-1-3-11(12(10)15(16)17)14-6-4-9-5-7-18-8-9/h1-3,5,7-8,14H,4,6H2. The van der Waals surface area contributed by atoms with Gasteiger partial charge in [0.1, 0.15) is 5.69 Å². The van der Waals surface area contributed by atoms with Crippen molar-refractivity contribution in [1.82, 2.24) is 0 Å². The number of rotatable bonds is 5. The molecule has 2 rings (SSSR count). The summed E-state index contributed by atoms with van der Waals surface area (Å²) in [7, 11) is 0. The average Bonchev–Trinajstić information content (AvgIpc) is 2.81. The molecule has 6 heteroatoms. The number of anilines is 1. The van der Waals surface area contributed by atoms with Crippen molar-refractivity contribution in [2.24, 2.45) is 0 Å². The lowest BCUT2D eigenvalue weighted by Crippen LogP contribution is -2.07. The van der Waals surface area contributed by atoms with Gasteiger partial charge in [-0.3, -0.25) is 10.1 Å². The van der Waals surface area contributed by atoms with E-state index in [4.69, 9.17) is 0 Å². The van der Waals surface area contributed by atoms with Gasteiger partial charge in [0, 0.05) is 6.54 Å². The topological polar surface area (TPSA) is 55.2 Å². The van der Waals surface area contributed by atoms with Gasteiger partial charge in [-0.1, -0.05) is 6.07 Å². The Kier molecular flexibility index (Phi) is 3.88. The molecule has 1 heterocycles. The van der Waals surface area contributed by atoms with Crippen molar-refractivity contribution < 1.29 is 9.31 Å². The molecular weight excluding hydrogens is 255 g/mol. The molecule has 1 aromatic carbocycles.